The first-order valence-corrected chi connectivity index (χ1v) is 12.5. The number of rotatable bonds is 5. The van der Waals surface area contributed by atoms with E-state index in [1.165, 1.54) is 17.3 Å². The summed E-state index contributed by atoms with van der Waals surface area (Å²) in [5, 5.41) is 9.35. The highest BCUT2D eigenvalue weighted by Crippen LogP contribution is 2.38. The molecule has 0 aliphatic carbocycles. The molecule has 0 saturated heterocycles. The maximum Gasteiger partial charge on any atom is 0.240 e. The maximum absolute atomic E-state index is 13.5. The summed E-state index contributed by atoms with van der Waals surface area (Å²) in [5.74, 6) is 2.16. The highest BCUT2D eigenvalue weighted by atomic mass is 32.2. The van der Waals surface area contributed by atoms with Gasteiger partial charge in [0.05, 0.1) is 5.25 Å². The van der Waals surface area contributed by atoms with Gasteiger partial charge in [0, 0.05) is 23.5 Å². The van der Waals surface area contributed by atoms with Gasteiger partial charge >= 0.3 is 0 Å². The van der Waals surface area contributed by atoms with Crippen LogP contribution in [0.4, 0.5) is 5.69 Å². The van der Waals surface area contributed by atoms with Crippen LogP contribution in [-0.4, -0.2) is 39.3 Å². The summed E-state index contributed by atoms with van der Waals surface area (Å²) in [4.78, 5) is 15.5. The van der Waals surface area contributed by atoms with Gasteiger partial charge in [-0.3, -0.25) is 9.36 Å². The Labute approximate surface area is 207 Å². The minimum Gasteiger partial charge on any atom is -0.454 e. The lowest BCUT2D eigenvalue weighted by atomic mass is 10.0. The molecule has 2 aliphatic heterocycles. The summed E-state index contributed by atoms with van der Waals surface area (Å²) in [6, 6.07) is 23.9. The second-order valence-electron chi connectivity index (χ2n) is 8.53. The number of para-hydroxylation sites is 2. The van der Waals surface area contributed by atoms with Crippen molar-refractivity contribution >= 4 is 23.4 Å². The number of fused-ring (bicyclic) bond motifs is 2. The van der Waals surface area contributed by atoms with Crippen LogP contribution in [0.15, 0.2) is 78.0 Å². The molecule has 4 aromatic rings. The van der Waals surface area contributed by atoms with Gasteiger partial charge in [-0.1, -0.05) is 48.2 Å². The van der Waals surface area contributed by atoms with Crippen LogP contribution in [0.3, 0.4) is 0 Å². The normalized spacial score (nSPS) is 15.1. The second-order valence-corrected chi connectivity index (χ2v) is 9.84. The first-order valence-electron chi connectivity index (χ1n) is 11.7. The topological polar surface area (TPSA) is 69.5 Å². The van der Waals surface area contributed by atoms with Crippen molar-refractivity contribution in [3.8, 4) is 28.6 Å². The molecule has 176 valence electrons. The molecule has 0 fully saturated rings. The molecule has 8 heteroatoms. The standard InChI is InChI=1S/C27H24N4O3S/c1-18(26(32)30-15-7-9-19-8-5-6-12-22(19)30)35-27-29-28-25(31(27)21-10-3-2-4-11-21)20-13-14-23-24(16-20)34-17-33-23/h2-6,8,10-14,16,18H,7,9,15,17H2,1H3. The van der Waals surface area contributed by atoms with Crippen molar-refractivity contribution in [3.63, 3.8) is 0 Å². The Bertz CT molecular complexity index is 1390. The van der Waals surface area contributed by atoms with Crippen LogP contribution in [0.2, 0.25) is 0 Å². The number of aromatic nitrogens is 3. The number of carbonyl (C=O) groups is 1. The van der Waals surface area contributed by atoms with Crippen molar-refractivity contribution in [2.75, 3.05) is 18.2 Å². The minimum atomic E-state index is -0.336. The zero-order valence-corrected chi connectivity index (χ0v) is 20.1. The van der Waals surface area contributed by atoms with Gasteiger partial charge in [-0.15, -0.1) is 10.2 Å². The number of amides is 1. The number of anilines is 1. The lowest BCUT2D eigenvalue weighted by Crippen LogP contribution is -2.40. The lowest BCUT2D eigenvalue weighted by Gasteiger charge is -2.31. The molecule has 0 saturated carbocycles. The van der Waals surface area contributed by atoms with Crippen molar-refractivity contribution in [2.24, 2.45) is 0 Å². The summed E-state index contributed by atoms with van der Waals surface area (Å²) < 4.78 is 13.0. The molecule has 1 atom stereocenters. The Morgan fingerprint density at radius 2 is 1.77 bits per heavy atom. The van der Waals surface area contributed by atoms with Crippen molar-refractivity contribution < 1.29 is 14.3 Å². The molecular formula is C27H24N4O3S. The van der Waals surface area contributed by atoms with E-state index >= 15 is 0 Å². The largest absolute Gasteiger partial charge is 0.454 e. The Morgan fingerprint density at radius 3 is 2.66 bits per heavy atom. The summed E-state index contributed by atoms with van der Waals surface area (Å²) in [5.41, 5.74) is 4.03. The quantitative estimate of drug-likeness (QED) is 0.366. The lowest BCUT2D eigenvalue weighted by molar-refractivity contribution is -0.117. The molecule has 35 heavy (non-hydrogen) atoms. The fourth-order valence-electron chi connectivity index (χ4n) is 4.57. The average molecular weight is 485 g/mol. The highest BCUT2D eigenvalue weighted by molar-refractivity contribution is 8.00. The smallest absolute Gasteiger partial charge is 0.240 e. The van der Waals surface area contributed by atoms with E-state index in [1.807, 2.05) is 83.1 Å². The minimum absolute atomic E-state index is 0.0781. The first kappa shape index (κ1) is 21.7. The molecule has 3 aromatic carbocycles. The number of thioether (sulfide) groups is 1. The number of nitrogens with zero attached hydrogens (tertiary/aromatic N) is 4. The molecule has 1 unspecified atom stereocenters. The fourth-order valence-corrected chi connectivity index (χ4v) is 5.50. The Morgan fingerprint density at radius 1 is 0.971 bits per heavy atom. The van der Waals surface area contributed by atoms with Gasteiger partial charge in [-0.05, 0) is 61.7 Å². The molecule has 7 nitrogen and oxygen atoms in total. The number of carbonyl (C=O) groups excluding carboxylic acids is 1. The van der Waals surface area contributed by atoms with E-state index < -0.39 is 0 Å². The Balaban J connectivity index is 1.34. The number of hydrogen-bond donors (Lipinski definition) is 0. The van der Waals surface area contributed by atoms with Crippen LogP contribution >= 0.6 is 11.8 Å². The van der Waals surface area contributed by atoms with Crippen LogP contribution in [0.1, 0.15) is 18.9 Å². The van der Waals surface area contributed by atoms with Crippen LogP contribution in [-0.2, 0) is 11.2 Å². The van der Waals surface area contributed by atoms with E-state index in [0.29, 0.717) is 16.7 Å². The molecule has 0 N–H and O–H groups in total. The van der Waals surface area contributed by atoms with Crippen molar-refractivity contribution in [2.45, 2.75) is 30.2 Å². The van der Waals surface area contributed by atoms with Gasteiger partial charge in [-0.2, -0.15) is 0 Å². The molecule has 0 spiro atoms. The first-order chi connectivity index (χ1) is 17.2. The summed E-state index contributed by atoms with van der Waals surface area (Å²) in [6.07, 6.45) is 1.97. The summed E-state index contributed by atoms with van der Waals surface area (Å²) in [7, 11) is 0. The van der Waals surface area contributed by atoms with E-state index in [0.717, 1.165) is 42.1 Å². The molecular weight excluding hydrogens is 460 g/mol. The third-order valence-electron chi connectivity index (χ3n) is 6.28. The monoisotopic (exact) mass is 484 g/mol. The molecule has 1 aromatic heterocycles. The van der Waals surface area contributed by atoms with Crippen molar-refractivity contribution in [3.05, 3.63) is 78.4 Å². The van der Waals surface area contributed by atoms with Gasteiger partial charge in [0.15, 0.2) is 22.5 Å². The SMILES string of the molecule is CC(Sc1nnc(-c2ccc3c(c2)OCO3)n1-c1ccccc1)C(=O)N1CCCc2ccccc21. The van der Waals surface area contributed by atoms with Crippen molar-refractivity contribution in [1.82, 2.24) is 14.8 Å². The van der Waals surface area contributed by atoms with E-state index in [2.05, 4.69) is 16.3 Å². The van der Waals surface area contributed by atoms with Gasteiger partial charge in [-0.25, -0.2) is 0 Å². The van der Waals surface area contributed by atoms with Crippen LogP contribution in [0.25, 0.3) is 17.1 Å². The van der Waals surface area contributed by atoms with Crippen LogP contribution in [0, 0.1) is 0 Å². The summed E-state index contributed by atoms with van der Waals surface area (Å²) >= 11 is 1.42. The molecule has 0 radical (unpaired) electrons. The van der Waals surface area contributed by atoms with Gasteiger partial charge < -0.3 is 14.4 Å². The zero-order valence-electron chi connectivity index (χ0n) is 19.3. The zero-order chi connectivity index (χ0) is 23.8. The third-order valence-corrected chi connectivity index (χ3v) is 7.31. The summed E-state index contributed by atoms with van der Waals surface area (Å²) in [6.45, 7) is 2.88. The maximum atomic E-state index is 13.5. The van der Waals surface area contributed by atoms with Gasteiger partial charge in [0.25, 0.3) is 0 Å². The van der Waals surface area contributed by atoms with Crippen LogP contribution in [0.5, 0.6) is 11.5 Å². The van der Waals surface area contributed by atoms with E-state index in [1.54, 1.807) is 0 Å². The van der Waals surface area contributed by atoms with E-state index in [4.69, 9.17) is 9.47 Å². The number of aryl methyl sites for hydroxylation is 1. The predicted molar refractivity (Wildman–Crippen MR) is 135 cm³/mol. The molecule has 6 rings (SSSR count). The van der Waals surface area contributed by atoms with Gasteiger partial charge in [0.2, 0.25) is 12.7 Å². The second kappa shape index (κ2) is 9.11. The fraction of sp³-hybridized carbons (Fsp3) is 0.222. The van der Waals surface area contributed by atoms with Crippen LogP contribution < -0.4 is 14.4 Å². The molecule has 3 heterocycles. The van der Waals surface area contributed by atoms with E-state index in [-0.39, 0.29) is 18.0 Å². The number of ether oxygens (including phenoxy) is 2. The molecule has 2 aliphatic rings. The van der Waals surface area contributed by atoms with Gasteiger partial charge in [0.1, 0.15) is 0 Å². The predicted octanol–water partition coefficient (Wildman–Crippen LogP) is 5.12. The molecule has 0 bridgehead atoms. The van der Waals surface area contributed by atoms with Crippen molar-refractivity contribution in [1.29, 1.82) is 0 Å². The number of benzene rings is 3. The Kier molecular flexibility index (Phi) is 5.66. The molecule has 1 amide bonds. The third kappa shape index (κ3) is 4.04. The number of hydrogen-bond acceptors (Lipinski definition) is 6. The average Bonchev–Trinajstić information content (AvgIpc) is 3.55. The Hall–Kier alpha value is -3.78. The van der Waals surface area contributed by atoms with E-state index in [9.17, 15) is 4.79 Å². The highest BCUT2D eigenvalue weighted by Gasteiger charge is 2.29.